The van der Waals surface area contributed by atoms with Gasteiger partial charge in [-0.2, -0.15) is 8.78 Å². The van der Waals surface area contributed by atoms with Crippen LogP contribution in [0.4, 0.5) is 8.78 Å². The van der Waals surface area contributed by atoms with Crippen molar-refractivity contribution >= 4 is 11.0 Å². The zero-order valence-electron chi connectivity index (χ0n) is 11.7. The smallest absolute Gasteiger partial charge is 0.319 e. The van der Waals surface area contributed by atoms with Crippen LogP contribution in [-0.4, -0.2) is 19.1 Å². The number of fused-ring (bicyclic) bond motifs is 1. The molecule has 0 radical (unpaired) electrons. The number of halogens is 2. The number of nitrogens with zero attached hydrogens (tertiary/aromatic N) is 4. The van der Waals surface area contributed by atoms with Crippen molar-refractivity contribution in [2.45, 2.75) is 32.9 Å². The van der Waals surface area contributed by atoms with Crippen LogP contribution >= 0.6 is 0 Å². The Bertz CT molecular complexity index is 745. The maximum Gasteiger partial charge on any atom is 0.319 e. The summed E-state index contributed by atoms with van der Waals surface area (Å²) in [5, 5.41) is 0. The minimum Gasteiger partial charge on any atom is -0.320 e. The van der Waals surface area contributed by atoms with E-state index in [9.17, 15) is 8.78 Å². The highest BCUT2D eigenvalue weighted by molar-refractivity contribution is 5.76. The highest BCUT2D eigenvalue weighted by atomic mass is 19.3. The molecule has 4 nitrogen and oxygen atoms in total. The van der Waals surface area contributed by atoms with Crippen molar-refractivity contribution in [1.29, 1.82) is 0 Å². The van der Waals surface area contributed by atoms with E-state index in [2.05, 4.69) is 16.9 Å². The standard InChI is InChI=1S/C15H16F2N4/c1-2-5-13-19-11-6-3-4-7-12(11)21(13)10-14-18-8-9-20(14)15(16)17/h3-4,6-9,15H,2,5,10H2,1H3. The second-order valence-corrected chi connectivity index (χ2v) is 4.88. The van der Waals surface area contributed by atoms with E-state index in [1.807, 2.05) is 28.8 Å². The van der Waals surface area contributed by atoms with E-state index in [4.69, 9.17) is 0 Å². The van der Waals surface area contributed by atoms with E-state index in [1.165, 1.54) is 12.4 Å². The molecule has 6 heteroatoms. The number of imidazole rings is 2. The van der Waals surface area contributed by atoms with E-state index >= 15 is 0 Å². The van der Waals surface area contributed by atoms with Crippen molar-refractivity contribution in [3.63, 3.8) is 0 Å². The molecule has 0 saturated carbocycles. The van der Waals surface area contributed by atoms with Gasteiger partial charge in [-0.3, -0.25) is 4.57 Å². The van der Waals surface area contributed by atoms with Crippen LogP contribution in [0.15, 0.2) is 36.7 Å². The third-order valence-electron chi connectivity index (χ3n) is 3.47. The molecule has 0 amide bonds. The van der Waals surface area contributed by atoms with E-state index < -0.39 is 6.55 Å². The van der Waals surface area contributed by atoms with Gasteiger partial charge in [0.1, 0.15) is 11.6 Å². The van der Waals surface area contributed by atoms with Gasteiger partial charge in [-0.05, 0) is 18.6 Å². The lowest BCUT2D eigenvalue weighted by atomic mass is 10.3. The number of aryl methyl sites for hydroxylation is 1. The fourth-order valence-electron chi connectivity index (χ4n) is 2.50. The second-order valence-electron chi connectivity index (χ2n) is 4.88. The van der Waals surface area contributed by atoms with Crippen molar-refractivity contribution in [3.05, 3.63) is 48.3 Å². The van der Waals surface area contributed by atoms with Crippen LogP contribution in [0.5, 0.6) is 0 Å². The van der Waals surface area contributed by atoms with Gasteiger partial charge in [-0.1, -0.05) is 19.1 Å². The Morgan fingerprint density at radius 1 is 1.19 bits per heavy atom. The molecule has 0 saturated heterocycles. The maximum atomic E-state index is 13.0. The molecule has 3 rings (SSSR count). The predicted octanol–water partition coefficient (Wildman–Crippen LogP) is 3.63. The molecule has 2 heterocycles. The quantitative estimate of drug-likeness (QED) is 0.719. The van der Waals surface area contributed by atoms with Crippen molar-refractivity contribution < 1.29 is 8.78 Å². The minimum atomic E-state index is -2.58. The van der Waals surface area contributed by atoms with Gasteiger partial charge in [0.15, 0.2) is 0 Å². The first-order valence-corrected chi connectivity index (χ1v) is 6.94. The first kappa shape index (κ1) is 13.7. The number of hydrogen-bond acceptors (Lipinski definition) is 2. The topological polar surface area (TPSA) is 35.6 Å². The third kappa shape index (κ3) is 2.53. The van der Waals surface area contributed by atoms with E-state index in [0.29, 0.717) is 12.4 Å². The van der Waals surface area contributed by atoms with E-state index in [-0.39, 0.29) is 0 Å². The molecule has 0 bridgehead atoms. The molecular weight excluding hydrogens is 274 g/mol. The molecule has 110 valence electrons. The molecule has 0 unspecified atom stereocenters. The molecule has 0 spiro atoms. The lowest BCUT2D eigenvalue weighted by molar-refractivity contribution is 0.0667. The summed E-state index contributed by atoms with van der Waals surface area (Å²) >= 11 is 0. The molecule has 0 aliphatic rings. The van der Waals surface area contributed by atoms with Gasteiger partial charge in [-0.25, -0.2) is 9.97 Å². The summed E-state index contributed by atoms with van der Waals surface area (Å²) in [6, 6.07) is 7.74. The van der Waals surface area contributed by atoms with Gasteiger partial charge in [0.2, 0.25) is 0 Å². The normalized spacial score (nSPS) is 11.6. The maximum absolute atomic E-state index is 13.0. The largest absolute Gasteiger partial charge is 0.320 e. The van der Waals surface area contributed by atoms with Gasteiger partial charge in [0.25, 0.3) is 0 Å². The Kier molecular flexibility index (Phi) is 3.68. The molecule has 0 N–H and O–H groups in total. The average Bonchev–Trinajstić information content (AvgIpc) is 3.06. The van der Waals surface area contributed by atoms with Crippen molar-refractivity contribution in [2.75, 3.05) is 0 Å². The minimum absolute atomic E-state index is 0.299. The van der Waals surface area contributed by atoms with Crippen molar-refractivity contribution in [1.82, 2.24) is 19.1 Å². The van der Waals surface area contributed by atoms with Crippen LogP contribution in [0.25, 0.3) is 11.0 Å². The van der Waals surface area contributed by atoms with Crippen LogP contribution in [-0.2, 0) is 13.0 Å². The monoisotopic (exact) mass is 290 g/mol. The lowest BCUT2D eigenvalue weighted by Gasteiger charge is -2.10. The molecule has 21 heavy (non-hydrogen) atoms. The summed E-state index contributed by atoms with van der Waals surface area (Å²) in [7, 11) is 0. The first-order chi connectivity index (χ1) is 10.2. The second kappa shape index (κ2) is 5.63. The summed E-state index contributed by atoms with van der Waals surface area (Å²) in [5.74, 6) is 1.24. The first-order valence-electron chi connectivity index (χ1n) is 6.94. The Hall–Kier alpha value is -2.24. The third-order valence-corrected chi connectivity index (χ3v) is 3.47. The van der Waals surface area contributed by atoms with Gasteiger partial charge < -0.3 is 4.57 Å². The van der Waals surface area contributed by atoms with Crippen molar-refractivity contribution in [2.24, 2.45) is 0 Å². The summed E-state index contributed by atoms with van der Waals surface area (Å²) in [6.45, 7) is -0.205. The molecular formula is C15H16F2N4. The van der Waals surface area contributed by atoms with Crippen molar-refractivity contribution in [3.8, 4) is 0 Å². The molecule has 3 aromatic rings. The van der Waals surface area contributed by atoms with Gasteiger partial charge >= 0.3 is 6.55 Å². The molecule has 0 atom stereocenters. The SMILES string of the molecule is CCCc1nc2ccccc2n1Cc1nccn1C(F)F. The van der Waals surface area contributed by atoms with Gasteiger partial charge in [-0.15, -0.1) is 0 Å². The Balaban J connectivity index is 2.06. The van der Waals surface area contributed by atoms with E-state index in [1.54, 1.807) is 0 Å². The number of alkyl halides is 2. The fraction of sp³-hybridized carbons (Fsp3) is 0.333. The fourth-order valence-corrected chi connectivity index (χ4v) is 2.50. The molecule has 0 aliphatic carbocycles. The highest BCUT2D eigenvalue weighted by Crippen LogP contribution is 2.20. The van der Waals surface area contributed by atoms with E-state index in [0.717, 1.165) is 34.3 Å². The number of para-hydroxylation sites is 2. The number of aromatic nitrogens is 4. The zero-order chi connectivity index (χ0) is 14.8. The highest BCUT2D eigenvalue weighted by Gasteiger charge is 2.15. The van der Waals surface area contributed by atoms with Crippen LogP contribution in [0.2, 0.25) is 0 Å². The Labute approximate surface area is 121 Å². The van der Waals surface area contributed by atoms with Gasteiger partial charge in [0.05, 0.1) is 17.6 Å². The molecule has 2 aromatic heterocycles. The van der Waals surface area contributed by atoms with Crippen LogP contribution in [0.3, 0.4) is 0 Å². The Morgan fingerprint density at radius 3 is 2.76 bits per heavy atom. The zero-order valence-corrected chi connectivity index (χ0v) is 11.7. The predicted molar refractivity (Wildman–Crippen MR) is 76.3 cm³/mol. The Morgan fingerprint density at radius 2 is 2.00 bits per heavy atom. The summed E-state index contributed by atoms with van der Waals surface area (Å²) in [4.78, 5) is 8.65. The van der Waals surface area contributed by atoms with Crippen LogP contribution < -0.4 is 0 Å². The molecule has 1 aromatic carbocycles. The molecule has 0 aliphatic heterocycles. The summed E-state index contributed by atoms with van der Waals surface area (Å²) < 4.78 is 28.8. The summed E-state index contributed by atoms with van der Waals surface area (Å²) in [6.07, 6.45) is 4.47. The average molecular weight is 290 g/mol. The number of hydrogen-bond donors (Lipinski definition) is 0. The number of benzene rings is 1. The number of rotatable bonds is 5. The van der Waals surface area contributed by atoms with Gasteiger partial charge in [0, 0.05) is 18.8 Å². The lowest BCUT2D eigenvalue weighted by Crippen LogP contribution is -2.11. The van der Waals surface area contributed by atoms with Crippen LogP contribution in [0.1, 0.15) is 31.5 Å². The van der Waals surface area contributed by atoms with Crippen LogP contribution in [0, 0.1) is 0 Å². The molecule has 0 fully saturated rings. The summed E-state index contributed by atoms with van der Waals surface area (Å²) in [5.41, 5.74) is 1.83.